The number of carbonyl (C=O) groups is 1. The number of benzene rings is 1. The van der Waals surface area contributed by atoms with Crippen molar-refractivity contribution in [1.82, 2.24) is 14.9 Å². The van der Waals surface area contributed by atoms with Crippen LogP contribution in [0.3, 0.4) is 0 Å². The van der Waals surface area contributed by atoms with Gasteiger partial charge in [-0.1, -0.05) is 35.8 Å². The summed E-state index contributed by atoms with van der Waals surface area (Å²) in [5.41, 5.74) is 0. The van der Waals surface area contributed by atoms with E-state index >= 15 is 0 Å². The highest BCUT2D eigenvalue weighted by molar-refractivity contribution is 9.10. The quantitative estimate of drug-likeness (QED) is 0.582. The highest BCUT2D eigenvalue weighted by atomic mass is 79.9. The Labute approximate surface area is 170 Å². The normalized spacial score (nSPS) is 17.0. The van der Waals surface area contributed by atoms with Crippen molar-refractivity contribution < 1.29 is 17.9 Å². The van der Waals surface area contributed by atoms with E-state index in [1.807, 2.05) is 0 Å². The van der Waals surface area contributed by atoms with Crippen molar-refractivity contribution in [3.63, 3.8) is 0 Å². The second-order valence-electron chi connectivity index (χ2n) is 6.87. The molecule has 2 rings (SSSR count). The number of rotatable bonds is 9. The van der Waals surface area contributed by atoms with Crippen LogP contribution in [0.25, 0.3) is 0 Å². The third-order valence-electron chi connectivity index (χ3n) is 4.54. The SMILES string of the molecule is CC(C)C(CNC(=O)CCNS(=O)(=O)c1cccc(Br)c1)N1CCOCC1. The summed E-state index contributed by atoms with van der Waals surface area (Å²) in [5, 5.41) is 2.93. The molecule has 1 aromatic rings. The molecular weight excluding hydrogens is 434 g/mol. The number of morpholine rings is 1. The molecule has 1 saturated heterocycles. The van der Waals surface area contributed by atoms with E-state index in [9.17, 15) is 13.2 Å². The summed E-state index contributed by atoms with van der Waals surface area (Å²) in [7, 11) is -3.62. The van der Waals surface area contributed by atoms with Crippen LogP contribution >= 0.6 is 15.9 Å². The van der Waals surface area contributed by atoms with Gasteiger partial charge in [-0.3, -0.25) is 9.69 Å². The molecule has 0 aromatic heterocycles. The lowest BCUT2D eigenvalue weighted by molar-refractivity contribution is -0.121. The van der Waals surface area contributed by atoms with Crippen molar-refractivity contribution in [3.8, 4) is 0 Å². The number of hydrogen-bond donors (Lipinski definition) is 2. The molecule has 1 atom stereocenters. The molecule has 0 aliphatic carbocycles. The lowest BCUT2D eigenvalue weighted by Gasteiger charge is -2.36. The first-order chi connectivity index (χ1) is 12.8. The first-order valence-corrected chi connectivity index (χ1v) is 11.4. The van der Waals surface area contributed by atoms with Crippen LogP contribution in [-0.2, 0) is 19.6 Å². The monoisotopic (exact) mass is 461 g/mol. The molecule has 1 aliphatic rings. The van der Waals surface area contributed by atoms with Crippen molar-refractivity contribution in [3.05, 3.63) is 28.7 Å². The van der Waals surface area contributed by atoms with Gasteiger partial charge >= 0.3 is 0 Å². The molecule has 1 amide bonds. The van der Waals surface area contributed by atoms with E-state index < -0.39 is 10.0 Å². The molecule has 0 spiro atoms. The number of amides is 1. The molecule has 0 saturated carbocycles. The van der Waals surface area contributed by atoms with Gasteiger partial charge in [-0.2, -0.15) is 0 Å². The fourth-order valence-electron chi connectivity index (χ4n) is 3.02. The summed E-state index contributed by atoms with van der Waals surface area (Å²) in [4.78, 5) is 14.6. The van der Waals surface area contributed by atoms with Gasteiger partial charge in [-0.25, -0.2) is 13.1 Å². The average molecular weight is 462 g/mol. The third-order valence-corrected chi connectivity index (χ3v) is 6.50. The maximum atomic E-state index is 12.2. The Bertz CT molecular complexity index is 721. The molecule has 0 bridgehead atoms. The van der Waals surface area contributed by atoms with Gasteiger partial charge in [0, 0.05) is 43.1 Å². The molecule has 1 aliphatic heterocycles. The Morgan fingerprint density at radius 2 is 2.00 bits per heavy atom. The molecule has 2 N–H and O–H groups in total. The van der Waals surface area contributed by atoms with Crippen LogP contribution in [0.5, 0.6) is 0 Å². The standard InChI is InChI=1S/C18H28BrN3O4S/c1-14(2)17(22-8-10-26-11-9-22)13-20-18(23)6-7-21-27(24,25)16-5-3-4-15(19)12-16/h3-5,12,14,17,21H,6-11,13H2,1-2H3,(H,20,23). The fourth-order valence-corrected chi connectivity index (χ4v) is 4.65. The zero-order chi connectivity index (χ0) is 19.9. The summed E-state index contributed by atoms with van der Waals surface area (Å²) in [6.07, 6.45) is 0.0984. The molecule has 152 valence electrons. The van der Waals surface area contributed by atoms with Gasteiger partial charge < -0.3 is 10.1 Å². The Kier molecular flexibility index (Phi) is 8.68. The zero-order valence-corrected chi connectivity index (χ0v) is 18.2. The van der Waals surface area contributed by atoms with E-state index in [-0.39, 0.29) is 29.8 Å². The highest BCUT2D eigenvalue weighted by Crippen LogP contribution is 2.16. The third kappa shape index (κ3) is 7.15. The summed E-state index contributed by atoms with van der Waals surface area (Å²) in [5.74, 6) is 0.240. The Morgan fingerprint density at radius 3 is 2.63 bits per heavy atom. The first kappa shape index (κ1) is 22.3. The number of sulfonamides is 1. The number of carbonyl (C=O) groups excluding carboxylic acids is 1. The Morgan fingerprint density at radius 1 is 1.30 bits per heavy atom. The molecule has 1 fully saturated rings. The van der Waals surface area contributed by atoms with Crippen LogP contribution in [0.1, 0.15) is 20.3 Å². The van der Waals surface area contributed by atoms with E-state index in [2.05, 4.69) is 44.7 Å². The van der Waals surface area contributed by atoms with Gasteiger partial charge in [-0.15, -0.1) is 0 Å². The minimum absolute atomic E-state index is 0.0601. The van der Waals surface area contributed by atoms with Crippen molar-refractivity contribution >= 4 is 31.9 Å². The molecule has 27 heavy (non-hydrogen) atoms. The molecule has 1 heterocycles. The lowest BCUT2D eigenvalue weighted by atomic mass is 10.0. The van der Waals surface area contributed by atoms with Crippen LogP contribution in [0, 0.1) is 5.92 Å². The van der Waals surface area contributed by atoms with Gasteiger partial charge in [-0.05, 0) is 24.1 Å². The fraction of sp³-hybridized carbons (Fsp3) is 0.611. The van der Waals surface area contributed by atoms with E-state index in [0.717, 1.165) is 13.1 Å². The summed E-state index contributed by atoms with van der Waals surface area (Å²) >= 11 is 3.26. The van der Waals surface area contributed by atoms with Gasteiger partial charge in [0.2, 0.25) is 15.9 Å². The summed E-state index contributed by atoms with van der Waals surface area (Å²) in [6, 6.07) is 6.70. The second-order valence-corrected chi connectivity index (χ2v) is 9.55. The average Bonchev–Trinajstić information content (AvgIpc) is 2.62. The predicted octanol–water partition coefficient (Wildman–Crippen LogP) is 1.59. The van der Waals surface area contributed by atoms with Crippen molar-refractivity contribution in [2.75, 3.05) is 39.4 Å². The minimum atomic E-state index is -3.62. The van der Waals surface area contributed by atoms with Gasteiger partial charge in [0.1, 0.15) is 0 Å². The van der Waals surface area contributed by atoms with Gasteiger partial charge in [0.05, 0.1) is 18.1 Å². The molecule has 1 aromatic carbocycles. The van der Waals surface area contributed by atoms with E-state index in [1.165, 1.54) is 12.1 Å². The summed E-state index contributed by atoms with van der Waals surface area (Å²) in [6.45, 7) is 8.05. The number of nitrogens with zero attached hydrogens (tertiary/aromatic N) is 1. The van der Waals surface area contributed by atoms with Crippen LogP contribution in [0.2, 0.25) is 0 Å². The molecule has 9 heteroatoms. The van der Waals surface area contributed by atoms with E-state index in [0.29, 0.717) is 30.1 Å². The van der Waals surface area contributed by atoms with Crippen LogP contribution in [-0.4, -0.2) is 64.7 Å². The van der Waals surface area contributed by atoms with Crippen molar-refractivity contribution in [2.45, 2.75) is 31.2 Å². The Balaban J connectivity index is 1.78. The predicted molar refractivity (Wildman–Crippen MR) is 108 cm³/mol. The molecular formula is C18H28BrN3O4S. The van der Waals surface area contributed by atoms with Crippen molar-refractivity contribution in [2.24, 2.45) is 5.92 Å². The lowest BCUT2D eigenvalue weighted by Crippen LogP contribution is -2.51. The van der Waals surface area contributed by atoms with Crippen LogP contribution < -0.4 is 10.0 Å². The number of halogens is 1. The smallest absolute Gasteiger partial charge is 0.240 e. The molecule has 0 radical (unpaired) electrons. The van der Waals surface area contributed by atoms with Crippen molar-refractivity contribution in [1.29, 1.82) is 0 Å². The summed E-state index contributed by atoms with van der Waals surface area (Å²) < 4.78 is 33.0. The number of hydrogen-bond acceptors (Lipinski definition) is 5. The van der Waals surface area contributed by atoms with E-state index in [1.54, 1.807) is 12.1 Å². The number of ether oxygens (including phenoxy) is 1. The van der Waals surface area contributed by atoms with E-state index in [4.69, 9.17) is 4.74 Å². The van der Waals surface area contributed by atoms with Gasteiger partial charge in [0.25, 0.3) is 0 Å². The maximum Gasteiger partial charge on any atom is 0.240 e. The Hall–Kier alpha value is -1.00. The largest absolute Gasteiger partial charge is 0.379 e. The number of nitrogens with one attached hydrogen (secondary N) is 2. The zero-order valence-electron chi connectivity index (χ0n) is 15.8. The second kappa shape index (κ2) is 10.5. The molecule has 1 unspecified atom stereocenters. The van der Waals surface area contributed by atoms with Crippen LogP contribution in [0.4, 0.5) is 0 Å². The first-order valence-electron chi connectivity index (χ1n) is 9.13. The topological polar surface area (TPSA) is 87.7 Å². The maximum absolute atomic E-state index is 12.2. The van der Waals surface area contributed by atoms with Crippen LogP contribution in [0.15, 0.2) is 33.6 Å². The van der Waals surface area contributed by atoms with Gasteiger partial charge in [0.15, 0.2) is 0 Å². The minimum Gasteiger partial charge on any atom is -0.379 e. The highest BCUT2D eigenvalue weighted by Gasteiger charge is 2.24. The molecule has 7 nitrogen and oxygen atoms in total.